The third-order valence-corrected chi connectivity index (χ3v) is 9.85. The lowest BCUT2D eigenvalue weighted by molar-refractivity contribution is -0.190. The first-order chi connectivity index (χ1) is 22.1. The number of nitrogens with one attached hydrogen (secondary N) is 2. The van der Waals surface area contributed by atoms with Gasteiger partial charge < -0.3 is 9.64 Å². The summed E-state index contributed by atoms with van der Waals surface area (Å²) in [5.74, 6) is -1.11. The number of rotatable bonds is 13. The minimum Gasteiger partial charge on any atom is -0.477 e. The monoisotopic (exact) mass is 678 g/mol. The Bertz CT molecular complexity index is 1790. The zero-order chi connectivity index (χ0) is 34.0. The van der Waals surface area contributed by atoms with E-state index in [-0.39, 0.29) is 54.9 Å². The summed E-state index contributed by atoms with van der Waals surface area (Å²) in [5, 5.41) is 7.46. The van der Waals surface area contributed by atoms with Gasteiger partial charge >= 0.3 is 6.18 Å². The van der Waals surface area contributed by atoms with E-state index in [1.54, 1.807) is 0 Å². The van der Waals surface area contributed by atoms with Crippen LogP contribution in [0.2, 0.25) is 0 Å². The fraction of sp³-hybridized carbons (Fsp3) is 0.517. The highest BCUT2D eigenvalue weighted by Gasteiger charge is 2.62. The molecule has 0 spiro atoms. The molecule has 2 fully saturated rings. The highest BCUT2D eigenvalue weighted by Crippen LogP contribution is 2.59. The largest absolute Gasteiger partial charge is 0.477 e. The number of halogens is 4. The normalized spacial score (nSPS) is 19.4. The van der Waals surface area contributed by atoms with Crippen molar-refractivity contribution in [2.45, 2.75) is 69.1 Å². The van der Waals surface area contributed by atoms with E-state index in [1.807, 2.05) is 18.7 Å². The van der Waals surface area contributed by atoms with Crippen molar-refractivity contribution in [2.24, 2.45) is 16.4 Å². The summed E-state index contributed by atoms with van der Waals surface area (Å²) >= 11 is 0. The van der Waals surface area contributed by atoms with Crippen LogP contribution in [0.4, 0.5) is 23.4 Å². The van der Waals surface area contributed by atoms with E-state index in [4.69, 9.17) is 20.0 Å². The Balaban J connectivity index is 1.41. The van der Waals surface area contributed by atoms with Gasteiger partial charge in [0.2, 0.25) is 11.8 Å². The maximum Gasteiger partial charge on any atom is 0.394 e. The Morgan fingerprint density at radius 2 is 2.00 bits per heavy atom. The van der Waals surface area contributed by atoms with Crippen LogP contribution in [0.25, 0.3) is 16.3 Å². The Kier molecular flexibility index (Phi) is 9.37. The standard InChI is InChI=1S/C29H34F4N10O3S/c1-27(2)17-19(5-4-14-36-41-34)18-42(27)25-20(26(44)40-47(35,45)24-7-3-6-21(30)37-24)8-9-22(38-25)43-15-10-23(39-43)46-16-13-28(11-12-28)29(31,32)33/h3,6-10,15,19H,4-5,11-14,16-18H2,1-2H3,(H2,35,40,44,45). The summed E-state index contributed by atoms with van der Waals surface area (Å²) < 4.78 is 84.1. The molecule has 1 saturated carbocycles. The molecule has 47 heavy (non-hydrogen) atoms. The maximum atomic E-state index is 13.7. The van der Waals surface area contributed by atoms with Crippen LogP contribution in [0, 0.1) is 22.1 Å². The van der Waals surface area contributed by atoms with Crippen LogP contribution in [-0.2, 0) is 9.92 Å². The van der Waals surface area contributed by atoms with Gasteiger partial charge in [0.1, 0.15) is 5.82 Å². The molecule has 4 heterocycles. The van der Waals surface area contributed by atoms with E-state index in [0.717, 1.165) is 18.9 Å². The van der Waals surface area contributed by atoms with Crippen molar-refractivity contribution < 1.29 is 31.3 Å². The van der Waals surface area contributed by atoms with Gasteiger partial charge in [0.15, 0.2) is 20.8 Å². The SMILES string of the molecule is CC1(C)CC(CCCN=[N+]=[N-])CN1c1nc(-n2ccc(OCCC3(C(F)(F)F)CC3)n2)ccc1C(=O)NS(=N)(=O)c1cccc(F)n1. The summed E-state index contributed by atoms with van der Waals surface area (Å²) in [5.41, 5.74) is 6.40. The number of alkyl halides is 3. The Morgan fingerprint density at radius 3 is 2.68 bits per heavy atom. The number of pyridine rings is 2. The number of carbonyl (C=O) groups is 1. The Morgan fingerprint density at radius 1 is 1.23 bits per heavy atom. The van der Waals surface area contributed by atoms with Crippen molar-refractivity contribution >= 4 is 21.6 Å². The molecule has 2 atom stereocenters. The first-order valence-corrected chi connectivity index (χ1v) is 16.5. The third-order valence-electron chi connectivity index (χ3n) is 8.56. The van der Waals surface area contributed by atoms with Crippen LogP contribution in [0.1, 0.15) is 62.7 Å². The molecule has 1 amide bonds. The second-order valence-electron chi connectivity index (χ2n) is 12.4. The maximum absolute atomic E-state index is 13.7. The average molecular weight is 679 g/mol. The Labute approximate surface area is 268 Å². The predicted octanol–water partition coefficient (Wildman–Crippen LogP) is 6.36. The first kappa shape index (κ1) is 33.9. The lowest BCUT2D eigenvalue weighted by Gasteiger charge is -2.34. The minimum atomic E-state index is -4.28. The van der Waals surface area contributed by atoms with Gasteiger partial charge in [-0.05, 0) is 88.1 Å². The van der Waals surface area contributed by atoms with Gasteiger partial charge in [-0.15, -0.1) is 5.10 Å². The number of azide groups is 1. The molecular weight excluding hydrogens is 644 g/mol. The fourth-order valence-electron chi connectivity index (χ4n) is 5.87. The van der Waals surface area contributed by atoms with E-state index in [2.05, 4.69) is 24.8 Å². The topological polar surface area (TPSA) is 175 Å². The van der Waals surface area contributed by atoms with E-state index in [9.17, 15) is 26.6 Å². The number of carbonyl (C=O) groups excluding carboxylic acids is 1. The summed E-state index contributed by atoms with van der Waals surface area (Å²) in [6, 6.07) is 7.85. The van der Waals surface area contributed by atoms with Crippen LogP contribution >= 0.6 is 0 Å². The van der Waals surface area contributed by atoms with Crippen LogP contribution in [0.15, 0.2) is 52.7 Å². The van der Waals surface area contributed by atoms with Crippen molar-refractivity contribution in [1.29, 1.82) is 4.78 Å². The highest BCUT2D eigenvalue weighted by atomic mass is 32.2. The molecule has 2 N–H and O–H groups in total. The van der Waals surface area contributed by atoms with E-state index in [1.165, 1.54) is 41.2 Å². The van der Waals surface area contributed by atoms with Crippen molar-refractivity contribution in [3.63, 3.8) is 0 Å². The molecule has 0 aromatic carbocycles. The molecule has 1 saturated heterocycles. The zero-order valence-electron chi connectivity index (χ0n) is 25.7. The lowest BCUT2D eigenvalue weighted by Crippen LogP contribution is -2.41. The number of amides is 1. The van der Waals surface area contributed by atoms with Crippen molar-refractivity contribution in [1.82, 2.24) is 24.5 Å². The molecule has 3 aromatic rings. The molecule has 0 bridgehead atoms. The quantitative estimate of drug-likeness (QED) is 0.0528. The number of ether oxygens (including phenoxy) is 1. The van der Waals surface area contributed by atoms with E-state index in [0.29, 0.717) is 19.5 Å². The van der Waals surface area contributed by atoms with Gasteiger partial charge in [-0.25, -0.2) is 23.6 Å². The molecule has 0 radical (unpaired) electrons. The summed E-state index contributed by atoms with van der Waals surface area (Å²) in [6.45, 7) is 4.63. The van der Waals surface area contributed by atoms with Gasteiger partial charge in [0.25, 0.3) is 5.91 Å². The molecule has 252 valence electrons. The molecule has 2 unspecified atom stereocenters. The van der Waals surface area contributed by atoms with Crippen molar-refractivity contribution in [3.8, 4) is 11.7 Å². The lowest BCUT2D eigenvalue weighted by atomic mass is 9.93. The second-order valence-corrected chi connectivity index (χ2v) is 14.1. The number of anilines is 1. The minimum absolute atomic E-state index is 0.00144. The summed E-state index contributed by atoms with van der Waals surface area (Å²) in [6.07, 6.45) is -0.628. The van der Waals surface area contributed by atoms with E-state index >= 15 is 0 Å². The van der Waals surface area contributed by atoms with Crippen LogP contribution in [0.5, 0.6) is 5.88 Å². The number of aromatic nitrogens is 4. The number of hydrogen-bond acceptors (Lipinski definition) is 9. The molecule has 3 aromatic heterocycles. The molecular formula is C29H34F4N10O3S. The van der Waals surface area contributed by atoms with Crippen molar-refractivity contribution in [2.75, 3.05) is 24.6 Å². The number of nitrogens with zero attached hydrogens (tertiary/aromatic N) is 8. The van der Waals surface area contributed by atoms with Gasteiger partial charge in [-0.3, -0.25) is 9.52 Å². The molecule has 2 aliphatic rings. The predicted molar refractivity (Wildman–Crippen MR) is 163 cm³/mol. The fourth-order valence-corrected chi connectivity index (χ4v) is 6.84. The van der Waals surface area contributed by atoms with E-state index < -0.39 is 43.9 Å². The smallest absolute Gasteiger partial charge is 0.394 e. The van der Waals surface area contributed by atoms with Gasteiger partial charge in [0, 0.05) is 35.8 Å². The van der Waals surface area contributed by atoms with Crippen LogP contribution < -0.4 is 14.4 Å². The number of hydrogen-bond donors (Lipinski definition) is 2. The van der Waals surface area contributed by atoms with Gasteiger partial charge in [-0.1, -0.05) is 11.2 Å². The molecule has 1 aliphatic carbocycles. The molecule has 18 heteroatoms. The van der Waals surface area contributed by atoms with Gasteiger partial charge in [-0.2, -0.15) is 17.6 Å². The Hall–Kier alpha value is -4.44. The molecule has 13 nitrogen and oxygen atoms in total. The van der Waals surface area contributed by atoms with Crippen LogP contribution in [-0.4, -0.2) is 61.3 Å². The zero-order valence-corrected chi connectivity index (χ0v) is 26.5. The highest BCUT2D eigenvalue weighted by molar-refractivity contribution is 7.91. The molecule has 5 rings (SSSR count). The van der Waals surface area contributed by atoms with Gasteiger partial charge in [0.05, 0.1) is 17.6 Å². The second kappa shape index (κ2) is 13.0. The van der Waals surface area contributed by atoms with Crippen molar-refractivity contribution in [3.05, 3.63) is 64.5 Å². The van der Waals surface area contributed by atoms with Crippen LogP contribution in [0.3, 0.4) is 0 Å². The molecule has 1 aliphatic heterocycles. The summed E-state index contributed by atoms with van der Waals surface area (Å²) in [7, 11) is -4.05. The first-order valence-electron chi connectivity index (χ1n) is 14.9. The third kappa shape index (κ3) is 7.59. The summed E-state index contributed by atoms with van der Waals surface area (Å²) in [4.78, 5) is 26.6. The average Bonchev–Trinajstić information content (AvgIpc) is 3.55.